The first kappa shape index (κ1) is 21.1. The lowest BCUT2D eigenvalue weighted by Gasteiger charge is -2.41. The Hall–Kier alpha value is -2.15. The molecule has 0 radical (unpaired) electrons. The van der Waals surface area contributed by atoms with E-state index in [1.807, 2.05) is 18.2 Å². The first-order valence-electron chi connectivity index (χ1n) is 11.8. The number of benzene rings is 2. The van der Waals surface area contributed by atoms with Crippen molar-refractivity contribution in [2.24, 2.45) is 17.8 Å². The predicted octanol–water partition coefficient (Wildman–Crippen LogP) is 8.49. The van der Waals surface area contributed by atoms with Gasteiger partial charge < -0.3 is 0 Å². The highest BCUT2D eigenvalue weighted by atomic mass is 19.1. The lowest BCUT2D eigenvalue weighted by Crippen LogP contribution is -2.30. The van der Waals surface area contributed by atoms with Gasteiger partial charge in [-0.2, -0.15) is 0 Å². The smallest absolute Gasteiger partial charge is 0.131 e. The van der Waals surface area contributed by atoms with E-state index < -0.39 is 0 Å². The van der Waals surface area contributed by atoms with Crippen LogP contribution in [-0.4, -0.2) is 0 Å². The molecule has 0 nitrogen and oxygen atoms in total. The van der Waals surface area contributed by atoms with E-state index in [0.29, 0.717) is 11.5 Å². The Morgan fingerprint density at radius 3 is 2.47 bits per heavy atom. The zero-order chi connectivity index (χ0) is 20.9. The summed E-state index contributed by atoms with van der Waals surface area (Å²) < 4.78 is 14.7. The Bertz CT molecular complexity index is 876. The van der Waals surface area contributed by atoms with E-state index in [-0.39, 0.29) is 5.82 Å². The molecule has 4 rings (SSSR count). The molecule has 2 aliphatic rings. The SMILES string of the molecule is C=CCCc1ccc(-c2ccc(C3CCC4CC(/C=C/C)CCC4C3)cc2)c(F)c1. The van der Waals surface area contributed by atoms with Crippen molar-refractivity contribution in [2.75, 3.05) is 0 Å². The summed E-state index contributed by atoms with van der Waals surface area (Å²) in [5.41, 5.74) is 4.16. The third kappa shape index (κ3) is 4.77. The summed E-state index contributed by atoms with van der Waals surface area (Å²) in [5.74, 6) is 3.17. The average molecular weight is 403 g/mol. The summed E-state index contributed by atoms with van der Waals surface area (Å²) in [7, 11) is 0. The van der Waals surface area contributed by atoms with Gasteiger partial charge in [0.2, 0.25) is 0 Å². The van der Waals surface area contributed by atoms with Crippen molar-refractivity contribution in [1.82, 2.24) is 0 Å². The molecule has 2 aromatic carbocycles. The summed E-state index contributed by atoms with van der Waals surface area (Å²) in [6.07, 6.45) is 16.4. The molecule has 2 fully saturated rings. The van der Waals surface area contributed by atoms with Gasteiger partial charge in [0, 0.05) is 5.56 Å². The summed E-state index contributed by atoms with van der Waals surface area (Å²) in [6, 6.07) is 14.4. The molecule has 0 heterocycles. The highest BCUT2D eigenvalue weighted by Crippen LogP contribution is 2.48. The van der Waals surface area contributed by atoms with Crippen molar-refractivity contribution >= 4 is 0 Å². The van der Waals surface area contributed by atoms with Gasteiger partial charge in [-0.1, -0.05) is 54.6 Å². The van der Waals surface area contributed by atoms with Crippen LogP contribution in [0.3, 0.4) is 0 Å². The van der Waals surface area contributed by atoms with E-state index in [0.717, 1.165) is 41.7 Å². The van der Waals surface area contributed by atoms with Crippen molar-refractivity contribution in [3.63, 3.8) is 0 Å². The molecule has 2 saturated carbocycles. The second-order valence-electron chi connectivity index (χ2n) is 9.39. The van der Waals surface area contributed by atoms with Gasteiger partial charge in [-0.3, -0.25) is 0 Å². The van der Waals surface area contributed by atoms with Crippen LogP contribution >= 0.6 is 0 Å². The van der Waals surface area contributed by atoms with Crippen LogP contribution in [0.5, 0.6) is 0 Å². The molecule has 30 heavy (non-hydrogen) atoms. The average Bonchev–Trinajstić information content (AvgIpc) is 2.78. The van der Waals surface area contributed by atoms with E-state index in [2.05, 4.69) is 49.9 Å². The van der Waals surface area contributed by atoms with E-state index in [1.165, 1.54) is 44.1 Å². The number of aryl methyl sites for hydroxylation is 1. The molecular weight excluding hydrogens is 367 g/mol. The Kier molecular flexibility index (Phi) is 6.87. The third-order valence-electron chi connectivity index (χ3n) is 7.48. The second kappa shape index (κ2) is 9.77. The number of hydrogen-bond acceptors (Lipinski definition) is 0. The fraction of sp³-hybridized carbons (Fsp3) is 0.448. The van der Waals surface area contributed by atoms with Crippen molar-refractivity contribution < 1.29 is 4.39 Å². The van der Waals surface area contributed by atoms with Gasteiger partial charge in [0.1, 0.15) is 5.82 Å². The number of halogens is 1. The van der Waals surface area contributed by atoms with Gasteiger partial charge in [0.25, 0.3) is 0 Å². The second-order valence-corrected chi connectivity index (χ2v) is 9.39. The van der Waals surface area contributed by atoms with E-state index in [9.17, 15) is 4.39 Å². The fourth-order valence-electron chi connectivity index (χ4n) is 5.83. The lowest BCUT2D eigenvalue weighted by molar-refractivity contribution is 0.133. The maximum absolute atomic E-state index is 14.7. The first-order valence-corrected chi connectivity index (χ1v) is 11.8. The molecular formula is C29H35F. The van der Waals surface area contributed by atoms with Crippen LogP contribution in [0, 0.1) is 23.6 Å². The molecule has 0 N–H and O–H groups in total. The van der Waals surface area contributed by atoms with E-state index in [1.54, 1.807) is 6.07 Å². The van der Waals surface area contributed by atoms with Crippen molar-refractivity contribution in [1.29, 1.82) is 0 Å². The minimum absolute atomic E-state index is 0.122. The van der Waals surface area contributed by atoms with Crippen molar-refractivity contribution in [3.05, 3.63) is 84.2 Å². The first-order chi connectivity index (χ1) is 14.7. The molecule has 158 valence electrons. The van der Waals surface area contributed by atoms with Crippen LogP contribution in [-0.2, 0) is 6.42 Å². The van der Waals surface area contributed by atoms with Gasteiger partial charge in [-0.25, -0.2) is 4.39 Å². The summed E-state index contributed by atoms with van der Waals surface area (Å²) >= 11 is 0. The molecule has 0 saturated heterocycles. The van der Waals surface area contributed by atoms with Gasteiger partial charge in [-0.15, -0.1) is 6.58 Å². The summed E-state index contributed by atoms with van der Waals surface area (Å²) in [5, 5.41) is 0. The van der Waals surface area contributed by atoms with Gasteiger partial charge in [0.05, 0.1) is 0 Å². The van der Waals surface area contributed by atoms with Crippen LogP contribution in [0.25, 0.3) is 11.1 Å². The molecule has 0 spiro atoms. The van der Waals surface area contributed by atoms with Crippen molar-refractivity contribution in [3.8, 4) is 11.1 Å². The zero-order valence-corrected chi connectivity index (χ0v) is 18.3. The topological polar surface area (TPSA) is 0 Å². The maximum Gasteiger partial charge on any atom is 0.131 e. The van der Waals surface area contributed by atoms with Crippen LogP contribution in [0.2, 0.25) is 0 Å². The number of hydrogen-bond donors (Lipinski definition) is 0. The zero-order valence-electron chi connectivity index (χ0n) is 18.3. The molecule has 0 amide bonds. The molecule has 4 atom stereocenters. The van der Waals surface area contributed by atoms with E-state index in [4.69, 9.17) is 0 Å². The van der Waals surface area contributed by atoms with Gasteiger partial charge >= 0.3 is 0 Å². The van der Waals surface area contributed by atoms with E-state index >= 15 is 0 Å². The molecule has 4 unspecified atom stereocenters. The quantitative estimate of drug-likeness (QED) is 0.425. The highest BCUT2D eigenvalue weighted by Gasteiger charge is 2.35. The Morgan fingerprint density at radius 2 is 1.73 bits per heavy atom. The molecule has 1 heteroatoms. The predicted molar refractivity (Wildman–Crippen MR) is 126 cm³/mol. The molecule has 0 aliphatic heterocycles. The normalized spacial score (nSPS) is 26.5. The van der Waals surface area contributed by atoms with Crippen LogP contribution in [0.1, 0.15) is 68.9 Å². The summed E-state index contributed by atoms with van der Waals surface area (Å²) in [4.78, 5) is 0. The Morgan fingerprint density at radius 1 is 0.967 bits per heavy atom. The summed E-state index contributed by atoms with van der Waals surface area (Å²) in [6.45, 7) is 5.90. The van der Waals surface area contributed by atoms with Crippen LogP contribution in [0.4, 0.5) is 4.39 Å². The minimum atomic E-state index is -0.122. The Labute approximate surface area is 181 Å². The minimum Gasteiger partial charge on any atom is -0.206 e. The van der Waals surface area contributed by atoms with Gasteiger partial charge in [-0.05, 0) is 105 Å². The van der Waals surface area contributed by atoms with Crippen LogP contribution in [0.15, 0.2) is 67.3 Å². The lowest BCUT2D eigenvalue weighted by atomic mass is 9.64. The molecule has 2 aromatic rings. The number of rotatable bonds is 6. The standard InChI is InChI=1S/C29H35F/c1-3-5-7-22-9-17-28(29(30)19-22)24-13-11-23(12-14-24)26-16-15-25-18-21(6-4-2)8-10-27(25)20-26/h3-4,6,9,11-14,17,19,21,25-27H,1,5,7-8,10,15-16,18,20H2,2H3/b6-4+. The van der Waals surface area contributed by atoms with Crippen LogP contribution < -0.4 is 0 Å². The Balaban J connectivity index is 1.41. The highest BCUT2D eigenvalue weighted by molar-refractivity contribution is 5.65. The van der Waals surface area contributed by atoms with Crippen molar-refractivity contribution in [2.45, 2.75) is 64.2 Å². The molecule has 0 aromatic heterocycles. The molecule has 2 aliphatic carbocycles. The fourth-order valence-corrected chi connectivity index (χ4v) is 5.83. The third-order valence-corrected chi connectivity index (χ3v) is 7.48. The number of fused-ring (bicyclic) bond motifs is 1. The largest absolute Gasteiger partial charge is 0.206 e. The molecule has 0 bridgehead atoms. The number of allylic oxidation sites excluding steroid dienone is 3. The maximum atomic E-state index is 14.7. The monoisotopic (exact) mass is 402 g/mol. The van der Waals surface area contributed by atoms with Gasteiger partial charge in [0.15, 0.2) is 0 Å².